The van der Waals surface area contributed by atoms with Crippen LogP contribution in [0.3, 0.4) is 0 Å². The zero-order valence-corrected chi connectivity index (χ0v) is 15.4. The normalized spacial score (nSPS) is 23.3. The highest BCUT2D eigenvalue weighted by Crippen LogP contribution is 2.35. The zero-order chi connectivity index (χ0) is 18.3. The van der Waals surface area contributed by atoms with Crippen molar-refractivity contribution in [3.05, 3.63) is 60.7 Å². The van der Waals surface area contributed by atoms with Crippen molar-refractivity contribution in [2.45, 2.75) is 51.7 Å². The van der Waals surface area contributed by atoms with E-state index in [1.807, 2.05) is 60.7 Å². The molecule has 0 spiro atoms. The van der Waals surface area contributed by atoms with E-state index in [0.717, 1.165) is 30.8 Å². The van der Waals surface area contributed by atoms with E-state index in [4.69, 9.17) is 4.74 Å². The molecule has 2 N–H and O–H groups in total. The van der Waals surface area contributed by atoms with Crippen molar-refractivity contribution in [1.29, 1.82) is 0 Å². The van der Waals surface area contributed by atoms with Crippen LogP contribution >= 0.6 is 0 Å². The van der Waals surface area contributed by atoms with Gasteiger partial charge in [-0.25, -0.2) is 0 Å². The van der Waals surface area contributed by atoms with E-state index in [0.29, 0.717) is 5.92 Å². The number of para-hydroxylation sites is 2. The molecule has 0 bridgehead atoms. The Balaban J connectivity index is 0.000000181. The maximum Gasteiger partial charge on any atom is 0.127 e. The maximum atomic E-state index is 9.74. The highest BCUT2D eigenvalue weighted by Gasteiger charge is 2.36. The first-order valence-electron chi connectivity index (χ1n) is 9.04. The third kappa shape index (κ3) is 6.52. The monoisotopic (exact) mass is 342 g/mol. The predicted octanol–water partition coefficient (Wildman–Crippen LogP) is 5.03. The van der Waals surface area contributed by atoms with Crippen molar-refractivity contribution in [3.63, 3.8) is 0 Å². The van der Waals surface area contributed by atoms with Crippen molar-refractivity contribution < 1.29 is 14.9 Å². The number of aliphatic hydroxyl groups is 2. The number of ether oxygens (including phenoxy) is 1. The first-order valence-corrected chi connectivity index (χ1v) is 9.04. The number of rotatable bonds is 3. The summed E-state index contributed by atoms with van der Waals surface area (Å²) >= 11 is 0. The second kappa shape index (κ2) is 9.02. The van der Waals surface area contributed by atoms with Gasteiger partial charge in [0.25, 0.3) is 0 Å². The van der Waals surface area contributed by atoms with Crippen molar-refractivity contribution in [1.82, 2.24) is 0 Å². The summed E-state index contributed by atoms with van der Waals surface area (Å²) < 4.78 is 5.58. The molecule has 0 saturated heterocycles. The van der Waals surface area contributed by atoms with Gasteiger partial charge in [-0.2, -0.15) is 0 Å². The Morgan fingerprint density at radius 3 is 1.76 bits per heavy atom. The van der Waals surface area contributed by atoms with E-state index < -0.39 is 5.60 Å². The fourth-order valence-corrected chi connectivity index (χ4v) is 3.29. The number of aliphatic hydroxyl groups excluding tert-OH is 1. The van der Waals surface area contributed by atoms with Crippen LogP contribution in [0.5, 0.6) is 11.5 Å². The lowest BCUT2D eigenvalue weighted by atomic mass is 9.73. The molecule has 3 heteroatoms. The van der Waals surface area contributed by atoms with Crippen LogP contribution in [-0.4, -0.2) is 21.9 Å². The first kappa shape index (κ1) is 19.5. The van der Waals surface area contributed by atoms with Crippen molar-refractivity contribution in [3.8, 4) is 11.5 Å². The molecule has 1 saturated carbocycles. The summed E-state index contributed by atoms with van der Waals surface area (Å²) in [5.74, 6) is 2.41. The van der Waals surface area contributed by atoms with Gasteiger partial charge >= 0.3 is 0 Å². The fraction of sp³-hybridized carbons (Fsp3) is 0.455. The summed E-state index contributed by atoms with van der Waals surface area (Å²) in [6.07, 6.45) is 2.61. The summed E-state index contributed by atoms with van der Waals surface area (Å²) in [7, 11) is 0. The van der Waals surface area contributed by atoms with Crippen molar-refractivity contribution in [2.24, 2.45) is 11.8 Å². The molecule has 0 aliphatic heterocycles. The molecule has 3 nitrogen and oxygen atoms in total. The molecular formula is C22H30O3. The predicted molar refractivity (Wildman–Crippen MR) is 102 cm³/mol. The second-order valence-electron chi connectivity index (χ2n) is 7.47. The minimum absolute atomic E-state index is 0.0636. The van der Waals surface area contributed by atoms with E-state index in [9.17, 15) is 10.2 Å². The van der Waals surface area contributed by atoms with E-state index >= 15 is 0 Å². The third-order valence-electron chi connectivity index (χ3n) is 4.71. The smallest absolute Gasteiger partial charge is 0.127 e. The average molecular weight is 342 g/mol. The molecule has 3 atom stereocenters. The average Bonchev–Trinajstić information content (AvgIpc) is 2.56. The van der Waals surface area contributed by atoms with Gasteiger partial charge in [-0.1, -0.05) is 49.7 Å². The van der Waals surface area contributed by atoms with Gasteiger partial charge in [0, 0.05) is 5.92 Å². The number of benzene rings is 2. The maximum absolute atomic E-state index is 9.74. The molecule has 2 aromatic carbocycles. The van der Waals surface area contributed by atoms with Gasteiger partial charge in [-0.05, 0) is 56.9 Å². The fourth-order valence-electron chi connectivity index (χ4n) is 3.29. The van der Waals surface area contributed by atoms with Crippen molar-refractivity contribution in [2.75, 3.05) is 0 Å². The van der Waals surface area contributed by atoms with Gasteiger partial charge < -0.3 is 14.9 Å². The van der Waals surface area contributed by atoms with E-state index in [2.05, 4.69) is 6.92 Å². The Hall–Kier alpha value is -1.84. The molecule has 1 aliphatic carbocycles. The van der Waals surface area contributed by atoms with Crippen LogP contribution in [0.2, 0.25) is 0 Å². The van der Waals surface area contributed by atoms with Crippen LogP contribution in [-0.2, 0) is 0 Å². The highest BCUT2D eigenvalue weighted by atomic mass is 16.5. The van der Waals surface area contributed by atoms with Gasteiger partial charge in [0.15, 0.2) is 0 Å². The largest absolute Gasteiger partial charge is 0.457 e. The second-order valence-corrected chi connectivity index (χ2v) is 7.47. The Bertz CT molecular complexity index is 567. The van der Waals surface area contributed by atoms with Crippen LogP contribution in [0, 0.1) is 11.8 Å². The quantitative estimate of drug-likeness (QED) is 0.822. The lowest BCUT2D eigenvalue weighted by molar-refractivity contribution is -0.0730. The van der Waals surface area contributed by atoms with Gasteiger partial charge in [-0.15, -0.1) is 0 Å². The molecule has 0 aromatic heterocycles. The van der Waals surface area contributed by atoms with Gasteiger partial charge in [0.05, 0.1) is 11.7 Å². The zero-order valence-electron chi connectivity index (χ0n) is 15.4. The minimum Gasteiger partial charge on any atom is -0.457 e. The third-order valence-corrected chi connectivity index (χ3v) is 4.71. The highest BCUT2D eigenvalue weighted by molar-refractivity contribution is 5.30. The first-order chi connectivity index (χ1) is 11.9. The van der Waals surface area contributed by atoms with Crippen LogP contribution in [0.25, 0.3) is 0 Å². The lowest BCUT2D eigenvalue weighted by Gasteiger charge is -2.38. The van der Waals surface area contributed by atoms with Gasteiger partial charge in [-0.3, -0.25) is 0 Å². The summed E-state index contributed by atoms with van der Waals surface area (Å²) in [5, 5.41) is 19.5. The minimum atomic E-state index is -0.723. The standard InChI is InChI=1S/C12H10O.C10H20O2/c1-3-7-11(8-4-1)13-12-9-5-2-6-10-12;1-7-4-5-8(9(11)6-7)10(2,3)12/h1-10H;7-9,11-12H,4-6H2,1-3H3. The molecule has 3 rings (SSSR count). The summed E-state index contributed by atoms with van der Waals surface area (Å²) in [6.45, 7) is 5.73. The van der Waals surface area contributed by atoms with Gasteiger partial charge in [0.1, 0.15) is 11.5 Å². The molecule has 25 heavy (non-hydrogen) atoms. The van der Waals surface area contributed by atoms with Crippen LogP contribution in [0.1, 0.15) is 40.0 Å². The summed E-state index contributed by atoms with van der Waals surface area (Å²) in [4.78, 5) is 0. The molecule has 3 unspecified atom stereocenters. The Morgan fingerprint density at radius 2 is 1.36 bits per heavy atom. The van der Waals surface area contributed by atoms with E-state index in [-0.39, 0.29) is 12.0 Å². The van der Waals surface area contributed by atoms with Crippen LogP contribution < -0.4 is 4.74 Å². The van der Waals surface area contributed by atoms with Gasteiger partial charge in [0.2, 0.25) is 0 Å². The van der Waals surface area contributed by atoms with E-state index in [1.165, 1.54) is 0 Å². The molecule has 0 heterocycles. The molecule has 0 amide bonds. The molecule has 1 fully saturated rings. The van der Waals surface area contributed by atoms with Crippen LogP contribution in [0.15, 0.2) is 60.7 Å². The summed E-state index contributed by atoms with van der Waals surface area (Å²) in [6, 6.07) is 19.5. The lowest BCUT2D eigenvalue weighted by Crippen LogP contribution is -2.42. The van der Waals surface area contributed by atoms with E-state index in [1.54, 1.807) is 13.8 Å². The topological polar surface area (TPSA) is 49.7 Å². The Labute approximate surface area is 151 Å². The Kier molecular flexibility index (Phi) is 7.03. The molecule has 0 radical (unpaired) electrons. The van der Waals surface area contributed by atoms with Crippen molar-refractivity contribution >= 4 is 0 Å². The number of hydrogen-bond donors (Lipinski definition) is 2. The summed E-state index contributed by atoms with van der Waals surface area (Å²) in [5.41, 5.74) is -0.723. The molecular weight excluding hydrogens is 312 g/mol. The molecule has 2 aromatic rings. The number of hydrogen-bond acceptors (Lipinski definition) is 3. The van der Waals surface area contributed by atoms with Crippen LogP contribution in [0.4, 0.5) is 0 Å². The Morgan fingerprint density at radius 1 is 0.880 bits per heavy atom. The molecule has 1 aliphatic rings. The SMILES string of the molecule is CC1CCC(C(C)(C)O)C(O)C1.c1ccc(Oc2ccccc2)cc1. The molecule has 136 valence electrons.